The number of nitrogens with zero attached hydrogens (tertiary/aromatic N) is 7. The normalized spacial score (nSPS) is 15.2. The third kappa shape index (κ3) is 3.30. The van der Waals surface area contributed by atoms with Crippen molar-refractivity contribution in [3.8, 4) is 17.9 Å². The van der Waals surface area contributed by atoms with Crippen LogP contribution in [0.4, 0.5) is 5.95 Å². The fourth-order valence-corrected chi connectivity index (χ4v) is 2.86. The average molecular weight is 357 g/mol. The van der Waals surface area contributed by atoms with Crippen molar-refractivity contribution >= 4 is 11.6 Å². The Kier molecular flexibility index (Phi) is 4.38. The molecule has 0 bridgehead atoms. The molecule has 1 saturated heterocycles. The highest BCUT2D eigenvalue weighted by Crippen LogP contribution is 2.22. The van der Waals surface area contributed by atoms with Crippen LogP contribution < -0.4 is 19.1 Å². The summed E-state index contributed by atoms with van der Waals surface area (Å²) in [5.74, 6) is 1.16. The molecule has 1 aliphatic rings. The summed E-state index contributed by atoms with van der Waals surface area (Å²) in [6, 6.07) is 4.15. The van der Waals surface area contributed by atoms with Crippen LogP contribution in [0.1, 0.15) is 12.8 Å². The van der Waals surface area contributed by atoms with Crippen molar-refractivity contribution in [1.29, 1.82) is 0 Å². The molecule has 4 heterocycles. The van der Waals surface area contributed by atoms with E-state index in [-0.39, 0.29) is 18.1 Å². The molecular weight excluding hydrogens is 338 g/mol. The van der Waals surface area contributed by atoms with E-state index in [0.717, 1.165) is 31.6 Å². The lowest BCUT2D eigenvalue weighted by Crippen LogP contribution is -2.39. The lowest BCUT2D eigenvalue weighted by atomic mass is 10.1. The Balaban J connectivity index is 1.40. The molecule has 10 heteroatoms. The maximum Gasteiger partial charge on any atom is 0.324 e. The van der Waals surface area contributed by atoms with Crippen LogP contribution in [-0.4, -0.2) is 63.0 Å². The summed E-state index contributed by atoms with van der Waals surface area (Å²) in [4.78, 5) is 19.1. The van der Waals surface area contributed by atoms with E-state index < -0.39 is 0 Å². The second-order valence-corrected chi connectivity index (χ2v) is 5.81. The number of piperidine rings is 1. The van der Waals surface area contributed by atoms with E-state index in [0.29, 0.717) is 11.8 Å². The summed E-state index contributed by atoms with van der Waals surface area (Å²) in [7, 11) is 3.03. The van der Waals surface area contributed by atoms with Gasteiger partial charge in [-0.25, -0.2) is 4.52 Å². The van der Waals surface area contributed by atoms with Crippen molar-refractivity contribution in [2.45, 2.75) is 18.9 Å². The van der Waals surface area contributed by atoms with E-state index in [1.54, 1.807) is 10.7 Å². The minimum atomic E-state index is 0.0924. The highest BCUT2D eigenvalue weighted by Gasteiger charge is 2.24. The molecule has 0 radical (unpaired) electrons. The van der Waals surface area contributed by atoms with Crippen molar-refractivity contribution in [2.75, 3.05) is 32.2 Å². The Morgan fingerprint density at radius 2 is 1.69 bits per heavy atom. The predicted octanol–water partition coefficient (Wildman–Crippen LogP) is 0.979. The Bertz CT molecular complexity index is 870. The Morgan fingerprint density at radius 1 is 0.962 bits per heavy atom. The van der Waals surface area contributed by atoms with Gasteiger partial charge in [0, 0.05) is 44.3 Å². The molecule has 136 valence electrons. The molecule has 0 N–H and O–H groups in total. The van der Waals surface area contributed by atoms with Crippen LogP contribution in [0.25, 0.3) is 5.65 Å². The number of fused-ring (bicyclic) bond motifs is 1. The molecule has 0 amide bonds. The monoisotopic (exact) mass is 357 g/mol. The van der Waals surface area contributed by atoms with Gasteiger partial charge >= 0.3 is 12.0 Å². The van der Waals surface area contributed by atoms with Crippen LogP contribution >= 0.6 is 0 Å². The fourth-order valence-electron chi connectivity index (χ4n) is 2.86. The van der Waals surface area contributed by atoms with Gasteiger partial charge in [0.25, 0.3) is 0 Å². The van der Waals surface area contributed by atoms with E-state index in [2.05, 4.69) is 29.9 Å². The third-order valence-electron chi connectivity index (χ3n) is 4.19. The molecule has 4 rings (SSSR count). The van der Waals surface area contributed by atoms with E-state index in [1.807, 2.05) is 18.3 Å². The van der Waals surface area contributed by atoms with Gasteiger partial charge < -0.3 is 19.1 Å². The minimum absolute atomic E-state index is 0.0924. The van der Waals surface area contributed by atoms with Gasteiger partial charge in [-0.05, 0) is 0 Å². The quantitative estimate of drug-likeness (QED) is 0.661. The highest BCUT2D eigenvalue weighted by atomic mass is 16.5. The molecule has 0 spiro atoms. The molecule has 3 aromatic rings. The molecule has 3 aromatic heterocycles. The van der Waals surface area contributed by atoms with Crippen molar-refractivity contribution in [3.05, 3.63) is 24.5 Å². The Hall–Kier alpha value is -3.17. The van der Waals surface area contributed by atoms with Gasteiger partial charge in [-0.3, -0.25) is 0 Å². The number of ether oxygens (including phenoxy) is 3. The average Bonchev–Trinajstić information content (AvgIpc) is 3.16. The van der Waals surface area contributed by atoms with Crippen molar-refractivity contribution in [1.82, 2.24) is 29.5 Å². The molecule has 0 unspecified atom stereocenters. The van der Waals surface area contributed by atoms with Crippen LogP contribution in [0.15, 0.2) is 24.5 Å². The molecular formula is C16H19N7O3. The number of anilines is 1. The van der Waals surface area contributed by atoms with E-state index >= 15 is 0 Å². The number of methoxy groups -OCH3 is 2. The number of aromatic nitrogens is 6. The van der Waals surface area contributed by atoms with Gasteiger partial charge in [-0.1, -0.05) is 0 Å². The van der Waals surface area contributed by atoms with E-state index in [4.69, 9.17) is 14.2 Å². The van der Waals surface area contributed by atoms with Gasteiger partial charge in [0.1, 0.15) is 6.10 Å². The minimum Gasteiger partial charge on any atom is -0.474 e. The lowest BCUT2D eigenvalue weighted by molar-refractivity contribution is 0.163. The highest BCUT2D eigenvalue weighted by molar-refractivity contribution is 5.38. The van der Waals surface area contributed by atoms with Crippen LogP contribution in [-0.2, 0) is 0 Å². The first kappa shape index (κ1) is 16.3. The first-order chi connectivity index (χ1) is 12.7. The molecule has 0 saturated carbocycles. The van der Waals surface area contributed by atoms with E-state index in [9.17, 15) is 0 Å². The summed E-state index contributed by atoms with van der Waals surface area (Å²) < 4.78 is 17.9. The van der Waals surface area contributed by atoms with Gasteiger partial charge in [0.05, 0.1) is 20.4 Å². The number of rotatable bonds is 5. The third-order valence-corrected chi connectivity index (χ3v) is 4.19. The Labute approximate surface area is 149 Å². The summed E-state index contributed by atoms with van der Waals surface area (Å²) >= 11 is 0. The molecule has 26 heavy (non-hydrogen) atoms. The van der Waals surface area contributed by atoms with E-state index in [1.165, 1.54) is 14.2 Å². The number of hydrogen-bond donors (Lipinski definition) is 0. The van der Waals surface area contributed by atoms with Gasteiger partial charge in [-0.2, -0.15) is 20.1 Å². The smallest absolute Gasteiger partial charge is 0.324 e. The molecule has 10 nitrogen and oxygen atoms in total. The van der Waals surface area contributed by atoms with Crippen LogP contribution in [0.5, 0.6) is 17.9 Å². The summed E-state index contributed by atoms with van der Waals surface area (Å²) in [5.41, 5.74) is 0.768. The standard InChI is InChI=1S/C16H19N7O3/c1-24-15-19-14(20-16(21-15)25-2)22-8-4-11(5-9-22)26-13-6-10-23-12(18-13)3-7-17-23/h3,6-7,10-11H,4-5,8-9H2,1-2H3. The molecule has 1 aliphatic heterocycles. The zero-order valence-corrected chi connectivity index (χ0v) is 14.6. The second-order valence-electron chi connectivity index (χ2n) is 5.81. The first-order valence-corrected chi connectivity index (χ1v) is 8.31. The SMILES string of the molecule is COc1nc(OC)nc(N2CCC(Oc3ccn4nccc4n3)CC2)n1. The zero-order valence-electron chi connectivity index (χ0n) is 14.6. The summed E-state index contributed by atoms with van der Waals surface area (Å²) in [6.07, 6.45) is 5.32. The zero-order chi connectivity index (χ0) is 17.9. The van der Waals surface area contributed by atoms with Crippen LogP contribution in [0, 0.1) is 0 Å². The van der Waals surface area contributed by atoms with Crippen LogP contribution in [0.2, 0.25) is 0 Å². The van der Waals surface area contributed by atoms with Crippen molar-refractivity contribution in [3.63, 3.8) is 0 Å². The second kappa shape index (κ2) is 6.98. The predicted molar refractivity (Wildman–Crippen MR) is 91.8 cm³/mol. The maximum atomic E-state index is 6.03. The first-order valence-electron chi connectivity index (χ1n) is 8.31. The Morgan fingerprint density at radius 3 is 2.38 bits per heavy atom. The summed E-state index contributed by atoms with van der Waals surface area (Å²) in [6.45, 7) is 1.52. The number of hydrogen-bond acceptors (Lipinski definition) is 9. The maximum absolute atomic E-state index is 6.03. The molecule has 1 fully saturated rings. The lowest BCUT2D eigenvalue weighted by Gasteiger charge is -2.31. The van der Waals surface area contributed by atoms with Crippen molar-refractivity contribution < 1.29 is 14.2 Å². The van der Waals surface area contributed by atoms with Crippen LogP contribution in [0.3, 0.4) is 0 Å². The molecule has 0 aromatic carbocycles. The van der Waals surface area contributed by atoms with Gasteiger partial charge in [0.15, 0.2) is 5.65 Å². The van der Waals surface area contributed by atoms with Crippen molar-refractivity contribution in [2.24, 2.45) is 0 Å². The topological polar surface area (TPSA) is 99.8 Å². The molecule has 0 aliphatic carbocycles. The summed E-state index contributed by atoms with van der Waals surface area (Å²) in [5, 5.41) is 4.13. The van der Waals surface area contributed by atoms with Gasteiger partial charge in [0.2, 0.25) is 11.8 Å². The van der Waals surface area contributed by atoms with Gasteiger partial charge in [-0.15, -0.1) is 4.98 Å². The molecule has 0 atom stereocenters. The largest absolute Gasteiger partial charge is 0.474 e. The fraction of sp³-hybridized carbons (Fsp3) is 0.438.